The smallest absolute Gasteiger partial charge is 0.199 e. The molecule has 0 fully saturated rings. The molecule has 0 unspecified atom stereocenters. The van der Waals surface area contributed by atoms with Crippen molar-refractivity contribution in [3.05, 3.63) is 30.1 Å². The standard InChI is InChI=1S/C9H10N2O/c1-7-5-8-10-3-4-11(8)9(6-7)12-2/h3-6H,1-2H3. The van der Waals surface area contributed by atoms with Crippen LogP contribution in [0.15, 0.2) is 24.5 Å². The lowest BCUT2D eigenvalue weighted by molar-refractivity contribution is 0.392. The van der Waals surface area contributed by atoms with E-state index in [2.05, 4.69) is 4.98 Å². The Morgan fingerprint density at radius 3 is 3.00 bits per heavy atom. The van der Waals surface area contributed by atoms with Gasteiger partial charge in [-0.25, -0.2) is 4.98 Å². The van der Waals surface area contributed by atoms with E-state index >= 15 is 0 Å². The Bertz CT molecular complexity index is 406. The van der Waals surface area contributed by atoms with E-state index in [4.69, 9.17) is 4.74 Å². The van der Waals surface area contributed by atoms with Crippen molar-refractivity contribution >= 4 is 5.65 Å². The molecule has 62 valence electrons. The van der Waals surface area contributed by atoms with Crippen LogP contribution in [0.5, 0.6) is 5.88 Å². The third-order valence-electron chi connectivity index (χ3n) is 1.82. The van der Waals surface area contributed by atoms with Crippen LogP contribution in [0.25, 0.3) is 5.65 Å². The van der Waals surface area contributed by atoms with Crippen LogP contribution in [-0.2, 0) is 0 Å². The lowest BCUT2D eigenvalue weighted by Crippen LogP contribution is -1.93. The summed E-state index contributed by atoms with van der Waals surface area (Å²) in [6.07, 6.45) is 3.64. The number of aryl methyl sites for hydroxylation is 1. The van der Waals surface area contributed by atoms with Crippen LogP contribution in [0.2, 0.25) is 0 Å². The number of methoxy groups -OCH3 is 1. The summed E-state index contributed by atoms with van der Waals surface area (Å²) in [6.45, 7) is 2.02. The number of hydrogen-bond donors (Lipinski definition) is 0. The molecule has 2 rings (SSSR count). The number of hydrogen-bond acceptors (Lipinski definition) is 2. The van der Waals surface area contributed by atoms with Gasteiger partial charge < -0.3 is 4.74 Å². The number of nitrogens with zero attached hydrogens (tertiary/aromatic N) is 2. The second kappa shape index (κ2) is 2.52. The fourth-order valence-corrected chi connectivity index (χ4v) is 1.27. The zero-order valence-corrected chi connectivity index (χ0v) is 7.11. The zero-order chi connectivity index (χ0) is 8.55. The first-order valence-corrected chi connectivity index (χ1v) is 3.79. The molecule has 3 nitrogen and oxygen atoms in total. The van der Waals surface area contributed by atoms with Gasteiger partial charge in [0.05, 0.1) is 7.11 Å². The quantitative estimate of drug-likeness (QED) is 0.637. The van der Waals surface area contributed by atoms with Gasteiger partial charge in [-0.1, -0.05) is 0 Å². The van der Waals surface area contributed by atoms with E-state index in [9.17, 15) is 0 Å². The molecular formula is C9H10N2O. The average Bonchev–Trinajstić information content (AvgIpc) is 2.50. The molecule has 0 spiro atoms. The molecule has 12 heavy (non-hydrogen) atoms. The molecule has 3 heteroatoms. The molecule has 0 saturated carbocycles. The number of imidazole rings is 1. The van der Waals surface area contributed by atoms with Gasteiger partial charge in [-0.2, -0.15) is 0 Å². The summed E-state index contributed by atoms with van der Waals surface area (Å²) in [5, 5.41) is 0. The molecule has 0 N–H and O–H groups in total. The van der Waals surface area contributed by atoms with Crippen LogP contribution in [0, 0.1) is 6.92 Å². The average molecular weight is 162 g/mol. The molecule has 0 radical (unpaired) electrons. The van der Waals surface area contributed by atoms with E-state index in [1.807, 2.05) is 29.7 Å². The van der Waals surface area contributed by atoms with Crippen molar-refractivity contribution in [1.82, 2.24) is 9.38 Å². The molecule has 0 aliphatic carbocycles. The zero-order valence-electron chi connectivity index (χ0n) is 7.11. The van der Waals surface area contributed by atoms with Crippen molar-refractivity contribution in [3.63, 3.8) is 0 Å². The van der Waals surface area contributed by atoms with Crippen LogP contribution in [0.4, 0.5) is 0 Å². The van der Waals surface area contributed by atoms with Crippen molar-refractivity contribution in [1.29, 1.82) is 0 Å². The van der Waals surface area contributed by atoms with Crippen LogP contribution in [-0.4, -0.2) is 16.5 Å². The molecule has 0 bridgehead atoms. The molecule has 0 saturated heterocycles. The predicted molar refractivity (Wildman–Crippen MR) is 46.5 cm³/mol. The summed E-state index contributed by atoms with van der Waals surface area (Å²) in [6, 6.07) is 4.00. The molecule has 0 aliphatic heterocycles. The van der Waals surface area contributed by atoms with Crippen LogP contribution >= 0.6 is 0 Å². The van der Waals surface area contributed by atoms with Crippen molar-refractivity contribution in [2.24, 2.45) is 0 Å². The van der Waals surface area contributed by atoms with Crippen molar-refractivity contribution < 1.29 is 4.74 Å². The van der Waals surface area contributed by atoms with Crippen LogP contribution in [0.1, 0.15) is 5.56 Å². The summed E-state index contributed by atoms with van der Waals surface area (Å²) < 4.78 is 7.10. The van der Waals surface area contributed by atoms with Gasteiger partial charge in [0, 0.05) is 18.5 Å². The van der Waals surface area contributed by atoms with Crippen molar-refractivity contribution in [2.45, 2.75) is 6.92 Å². The second-order valence-corrected chi connectivity index (χ2v) is 2.73. The summed E-state index contributed by atoms with van der Waals surface area (Å²) in [4.78, 5) is 4.17. The fourth-order valence-electron chi connectivity index (χ4n) is 1.27. The molecule has 2 aromatic rings. The molecule has 0 aliphatic rings. The van der Waals surface area contributed by atoms with Gasteiger partial charge in [0.2, 0.25) is 0 Å². The Morgan fingerprint density at radius 2 is 2.25 bits per heavy atom. The second-order valence-electron chi connectivity index (χ2n) is 2.73. The van der Waals surface area contributed by atoms with Crippen LogP contribution in [0.3, 0.4) is 0 Å². The van der Waals surface area contributed by atoms with Crippen molar-refractivity contribution in [2.75, 3.05) is 7.11 Å². The molecular weight excluding hydrogens is 152 g/mol. The van der Waals surface area contributed by atoms with Gasteiger partial charge in [0.1, 0.15) is 5.65 Å². The third kappa shape index (κ3) is 0.942. The van der Waals surface area contributed by atoms with E-state index in [0.29, 0.717) is 0 Å². The summed E-state index contributed by atoms with van der Waals surface area (Å²) in [5.41, 5.74) is 2.08. The monoisotopic (exact) mass is 162 g/mol. The van der Waals surface area contributed by atoms with E-state index in [-0.39, 0.29) is 0 Å². The number of ether oxygens (including phenoxy) is 1. The maximum Gasteiger partial charge on any atom is 0.199 e. The summed E-state index contributed by atoms with van der Waals surface area (Å²) >= 11 is 0. The molecule has 2 heterocycles. The first kappa shape index (κ1) is 7.16. The minimum Gasteiger partial charge on any atom is -0.482 e. The lowest BCUT2D eigenvalue weighted by atomic mass is 10.3. The molecule has 2 aromatic heterocycles. The number of pyridine rings is 1. The Kier molecular flexibility index (Phi) is 1.50. The van der Waals surface area contributed by atoms with Gasteiger partial charge in [0.25, 0.3) is 0 Å². The van der Waals surface area contributed by atoms with Crippen molar-refractivity contribution in [3.8, 4) is 5.88 Å². The van der Waals surface area contributed by atoms with E-state index in [0.717, 1.165) is 17.1 Å². The lowest BCUT2D eigenvalue weighted by Gasteiger charge is -2.04. The van der Waals surface area contributed by atoms with Gasteiger partial charge in [-0.05, 0) is 18.6 Å². The van der Waals surface area contributed by atoms with E-state index in [1.165, 1.54) is 0 Å². The van der Waals surface area contributed by atoms with Gasteiger partial charge >= 0.3 is 0 Å². The maximum atomic E-state index is 5.19. The minimum atomic E-state index is 0.822. The first-order valence-electron chi connectivity index (χ1n) is 3.79. The number of aromatic nitrogens is 2. The largest absolute Gasteiger partial charge is 0.482 e. The van der Waals surface area contributed by atoms with Crippen LogP contribution < -0.4 is 4.74 Å². The maximum absolute atomic E-state index is 5.19. The number of fused-ring (bicyclic) bond motifs is 1. The highest BCUT2D eigenvalue weighted by Gasteiger charge is 2.00. The Labute approximate surface area is 70.6 Å². The first-order chi connectivity index (χ1) is 5.81. The van der Waals surface area contributed by atoms with Gasteiger partial charge in [-0.15, -0.1) is 0 Å². The third-order valence-corrected chi connectivity index (χ3v) is 1.82. The summed E-state index contributed by atoms with van der Waals surface area (Å²) in [7, 11) is 1.66. The molecule has 0 aromatic carbocycles. The fraction of sp³-hybridized carbons (Fsp3) is 0.222. The topological polar surface area (TPSA) is 26.5 Å². The number of rotatable bonds is 1. The molecule has 0 atom stereocenters. The SMILES string of the molecule is COc1cc(C)cc2nccn12. The Morgan fingerprint density at radius 1 is 1.42 bits per heavy atom. The predicted octanol–water partition coefficient (Wildman–Crippen LogP) is 1.65. The Hall–Kier alpha value is -1.51. The normalized spacial score (nSPS) is 10.5. The van der Waals surface area contributed by atoms with E-state index in [1.54, 1.807) is 13.3 Å². The Balaban J connectivity index is 2.80. The summed E-state index contributed by atoms with van der Waals surface area (Å²) in [5.74, 6) is 0.822. The highest BCUT2D eigenvalue weighted by atomic mass is 16.5. The van der Waals surface area contributed by atoms with Gasteiger partial charge in [0.15, 0.2) is 5.88 Å². The highest BCUT2D eigenvalue weighted by Crippen LogP contribution is 2.15. The van der Waals surface area contributed by atoms with Gasteiger partial charge in [-0.3, -0.25) is 4.40 Å². The van der Waals surface area contributed by atoms with E-state index < -0.39 is 0 Å². The highest BCUT2D eigenvalue weighted by molar-refractivity contribution is 5.45. The molecule has 0 amide bonds. The minimum absolute atomic E-state index is 0.822.